The molecule has 0 fully saturated rings. The van der Waals surface area contributed by atoms with Gasteiger partial charge in [0, 0.05) is 25.5 Å². The summed E-state index contributed by atoms with van der Waals surface area (Å²) in [6.07, 6.45) is 13.2. The van der Waals surface area contributed by atoms with Crippen molar-refractivity contribution >= 4 is 11.9 Å². The predicted molar refractivity (Wildman–Crippen MR) is 74.9 cm³/mol. The topological polar surface area (TPSA) is 24.7 Å². The third-order valence-electron chi connectivity index (χ3n) is 2.39. The molecule has 0 bridgehead atoms. The molecule has 2 heteroatoms. The number of hydrogen-bond donors (Lipinski definition) is 0. The molecule has 0 N–H and O–H groups in total. The van der Waals surface area contributed by atoms with Gasteiger partial charge in [-0.2, -0.15) is 0 Å². The second-order valence-electron chi connectivity index (χ2n) is 3.95. The lowest BCUT2D eigenvalue weighted by Crippen LogP contribution is -1.96. The second-order valence-corrected chi connectivity index (χ2v) is 3.95. The molecule has 16 heavy (non-hydrogen) atoms. The largest absolute Gasteiger partial charge is 0.297 e. The molecule has 0 aliphatic carbocycles. The van der Waals surface area contributed by atoms with Crippen molar-refractivity contribution in [3.05, 3.63) is 12.2 Å². The van der Waals surface area contributed by atoms with Crippen molar-refractivity contribution in [3.63, 3.8) is 0 Å². The summed E-state index contributed by atoms with van der Waals surface area (Å²) in [7, 11) is 1.79. The van der Waals surface area contributed by atoms with E-state index in [0.717, 1.165) is 13.0 Å². The summed E-state index contributed by atoms with van der Waals surface area (Å²) in [6.45, 7) is 5.41. The summed E-state index contributed by atoms with van der Waals surface area (Å²) in [6, 6.07) is 0. The van der Waals surface area contributed by atoms with E-state index in [1.807, 2.05) is 12.3 Å². The lowest BCUT2D eigenvalue weighted by Gasteiger charge is -2.00. The standard InChI is InChI=1S/C14H26N2/c1-4-6-8-13-16-14(10-7-5-2)11-9-12-15-3/h9,11-12H,4-8,10,13H2,1-3H3/b11-9-,15-12?,16-14?. The van der Waals surface area contributed by atoms with E-state index in [0.29, 0.717) is 0 Å². The maximum atomic E-state index is 4.64. The van der Waals surface area contributed by atoms with E-state index < -0.39 is 0 Å². The van der Waals surface area contributed by atoms with E-state index in [1.165, 1.54) is 37.8 Å². The maximum absolute atomic E-state index is 4.64. The van der Waals surface area contributed by atoms with Crippen molar-refractivity contribution in [2.75, 3.05) is 13.6 Å². The zero-order chi connectivity index (χ0) is 12.1. The molecule has 0 aromatic rings. The third-order valence-corrected chi connectivity index (χ3v) is 2.39. The molecule has 0 unspecified atom stereocenters. The molecule has 0 aromatic heterocycles. The monoisotopic (exact) mass is 222 g/mol. The van der Waals surface area contributed by atoms with Crippen molar-refractivity contribution < 1.29 is 0 Å². The molecule has 0 aliphatic heterocycles. The Morgan fingerprint density at radius 2 is 1.81 bits per heavy atom. The molecule has 0 amide bonds. The van der Waals surface area contributed by atoms with Gasteiger partial charge in [0.2, 0.25) is 0 Å². The predicted octanol–water partition coefficient (Wildman–Crippen LogP) is 4.06. The van der Waals surface area contributed by atoms with Gasteiger partial charge < -0.3 is 0 Å². The fourth-order valence-electron chi connectivity index (χ4n) is 1.40. The van der Waals surface area contributed by atoms with Crippen molar-refractivity contribution in [1.29, 1.82) is 0 Å². The normalized spacial score (nSPS) is 13.1. The summed E-state index contributed by atoms with van der Waals surface area (Å²) in [5, 5.41) is 0. The third kappa shape index (κ3) is 9.63. The molecule has 0 aromatic carbocycles. The van der Waals surface area contributed by atoms with Crippen LogP contribution < -0.4 is 0 Å². The van der Waals surface area contributed by atoms with E-state index >= 15 is 0 Å². The Kier molecular flexibility index (Phi) is 11.5. The van der Waals surface area contributed by atoms with Gasteiger partial charge in [-0.15, -0.1) is 0 Å². The van der Waals surface area contributed by atoms with Crippen LogP contribution in [0.3, 0.4) is 0 Å². The van der Waals surface area contributed by atoms with Crippen LogP contribution >= 0.6 is 0 Å². The molecule has 0 heterocycles. The Labute approximate surface area is 101 Å². The molecule has 0 atom stereocenters. The van der Waals surface area contributed by atoms with Crippen LogP contribution in [0.1, 0.15) is 52.4 Å². The number of aliphatic imine (C=N–C) groups is 2. The van der Waals surface area contributed by atoms with Gasteiger partial charge in [0.1, 0.15) is 0 Å². The SMILES string of the molecule is CCCCCN=C(/C=C\C=NC)CCCC. The van der Waals surface area contributed by atoms with Crippen LogP contribution in [0.5, 0.6) is 0 Å². The highest BCUT2D eigenvalue weighted by molar-refractivity contribution is 5.97. The lowest BCUT2D eigenvalue weighted by molar-refractivity contribution is 0.725. The summed E-state index contributed by atoms with van der Waals surface area (Å²) in [5.74, 6) is 0. The van der Waals surface area contributed by atoms with Gasteiger partial charge in [-0.25, -0.2) is 0 Å². The smallest absolute Gasteiger partial charge is 0.0392 e. The van der Waals surface area contributed by atoms with Crippen molar-refractivity contribution in [3.8, 4) is 0 Å². The number of rotatable bonds is 9. The Morgan fingerprint density at radius 1 is 1.06 bits per heavy atom. The molecule has 0 radical (unpaired) electrons. The number of hydrogen-bond acceptors (Lipinski definition) is 2. The quantitative estimate of drug-likeness (QED) is 0.415. The van der Waals surface area contributed by atoms with Gasteiger partial charge in [0.15, 0.2) is 0 Å². The first kappa shape index (κ1) is 15.1. The number of nitrogens with zero attached hydrogens (tertiary/aromatic N) is 2. The molecule has 0 spiro atoms. The zero-order valence-corrected chi connectivity index (χ0v) is 11.1. The van der Waals surface area contributed by atoms with Crippen LogP contribution in [-0.4, -0.2) is 25.5 Å². The minimum absolute atomic E-state index is 0.973. The zero-order valence-electron chi connectivity index (χ0n) is 11.1. The summed E-state index contributed by atoms with van der Waals surface area (Å²) in [5.41, 5.74) is 1.22. The van der Waals surface area contributed by atoms with E-state index in [-0.39, 0.29) is 0 Å². The Balaban J connectivity index is 4.06. The first-order valence-electron chi connectivity index (χ1n) is 6.47. The summed E-state index contributed by atoms with van der Waals surface area (Å²) in [4.78, 5) is 8.57. The Hall–Kier alpha value is -0.920. The fraction of sp³-hybridized carbons (Fsp3) is 0.714. The molecule has 0 saturated carbocycles. The minimum atomic E-state index is 0.973. The molecule has 0 saturated heterocycles. The van der Waals surface area contributed by atoms with Crippen LogP contribution in [0.15, 0.2) is 22.1 Å². The van der Waals surface area contributed by atoms with Crippen molar-refractivity contribution in [1.82, 2.24) is 0 Å². The van der Waals surface area contributed by atoms with Crippen LogP contribution in [0.25, 0.3) is 0 Å². The van der Waals surface area contributed by atoms with Crippen molar-refractivity contribution in [2.45, 2.75) is 52.4 Å². The molecule has 0 rings (SSSR count). The molecule has 92 valence electrons. The van der Waals surface area contributed by atoms with E-state index in [9.17, 15) is 0 Å². The van der Waals surface area contributed by atoms with Gasteiger partial charge in [-0.1, -0.05) is 33.1 Å². The first-order valence-corrected chi connectivity index (χ1v) is 6.47. The van der Waals surface area contributed by atoms with Crippen molar-refractivity contribution in [2.24, 2.45) is 9.98 Å². The Bertz CT molecular complexity index is 227. The molecular formula is C14H26N2. The first-order chi connectivity index (χ1) is 7.85. The summed E-state index contributed by atoms with van der Waals surface area (Å²) < 4.78 is 0. The summed E-state index contributed by atoms with van der Waals surface area (Å²) >= 11 is 0. The second kappa shape index (κ2) is 12.2. The lowest BCUT2D eigenvalue weighted by atomic mass is 10.1. The van der Waals surface area contributed by atoms with Crippen LogP contribution in [0.4, 0.5) is 0 Å². The van der Waals surface area contributed by atoms with Gasteiger partial charge in [-0.3, -0.25) is 9.98 Å². The maximum Gasteiger partial charge on any atom is 0.0392 e. The highest BCUT2D eigenvalue weighted by Gasteiger charge is 1.93. The van der Waals surface area contributed by atoms with Crippen LogP contribution in [-0.2, 0) is 0 Å². The minimum Gasteiger partial charge on any atom is -0.297 e. The van der Waals surface area contributed by atoms with Crippen LogP contribution in [0.2, 0.25) is 0 Å². The molecule has 0 aliphatic rings. The van der Waals surface area contributed by atoms with E-state index in [4.69, 9.17) is 0 Å². The average Bonchev–Trinajstić information content (AvgIpc) is 2.31. The van der Waals surface area contributed by atoms with Crippen LogP contribution in [0, 0.1) is 0 Å². The average molecular weight is 222 g/mol. The van der Waals surface area contributed by atoms with Gasteiger partial charge in [0.25, 0.3) is 0 Å². The molecular weight excluding hydrogens is 196 g/mol. The van der Waals surface area contributed by atoms with Gasteiger partial charge >= 0.3 is 0 Å². The Morgan fingerprint density at radius 3 is 2.44 bits per heavy atom. The van der Waals surface area contributed by atoms with E-state index in [1.54, 1.807) is 7.05 Å². The van der Waals surface area contributed by atoms with Gasteiger partial charge in [-0.05, 0) is 31.4 Å². The number of allylic oxidation sites excluding steroid dienone is 2. The van der Waals surface area contributed by atoms with E-state index in [2.05, 4.69) is 29.9 Å². The highest BCUT2D eigenvalue weighted by Crippen LogP contribution is 2.01. The van der Waals surface area contributed by atoms with Gasteiger partial charge in [0.05, 0.1) is 0 Å². The number of unbranched alkanes of at least 4 members (excludes halogenated alkanes) is 3. The highest BCUT2D eigenvalue weighted by atomic mass is 14.7. The molecule has 2 nitrogen and oxygen atoms in total. The fourth-order valence-corrected chi connectivity index (χ4v) is 1.40.